The molecule has 0 radical (unpaired) electrons. The van der Waals surface area contributed by atoms with Gasteiger partial charge in [0, 0.05) is 38.3 Å². The molecule has 0 spiro atoms. The summed E-state index contributed by atoms with van der Waals surface area (Å²) in [7, 11) is 2.24. The highest BCUT2D eigenvalue weighted by Crippen LogP contribution is 2.26. The fourth-order valence-electron chi connectivity index (χ4n) is 3.56. The SMILES string of the molecule is CC1CCNC1CN1CCN(C)CC1c1ccccc1. The van der Waals surface area contributed by atoms with Crippen LogP contribution >= 0.6 is 0 Å². The largest absolute Gasteiger partial charge is 0.312 e. The fraction of sp³-hybridized carbons (Fsp3) is 0.647. The van der Waals surface area contributed by atoms with Gasteiger partial charge in [0.2, 0.25) is 0 Å². The first kappa shape index (κ1) is 14.1. The van der Waals surface area contributed by atoms with Crippen LogP contribution in [0.5, 0.6) is 0 Å². The van der Waals surface area contributed by atoms with E-state index in [1.807, 2.05) is 0 Å². The number of likely N-dealkylation sites (N-methyl/N-ethyl adjacent to an activating group) is 1. The zero-order valence-electron chi connectivity index (χ0n) is 12.8. The first-order valence-corrected chi connectivity index (χ1v) is 7.95. The number of hydrogen-bond donors (Lipinski definition) is 1. The van der Waals surface area contributed by atoms with E-state index in [4.69, 9.17) is 0 Å². The minimum Gasteiger partial charge on any atom is -0.312 e. The molecule has 110 valence electrons. The Labute approximate surface area is 123 Å². The smallest absolute Gasteiger partial charge is 0.0476 e. The van der Waals surface area contributed by atoms with Crippen molar-refractivity contribution in [2.75, 3.05) is 39.8 Å². The second kappa shape index (κ2) is 6.25. The van der Waals surface area contributed by atoms with Gasteiger partial charge in [-0.15, -0.1) is 0 Å². The number of rotatable bonds is 3. The van der Waals surface area contributed by atoms with Gasteiger partial charge in [0.25, 0.3) is 0 Å². The van der Waals surface area contributed by atoms with Crippen LogP contribution in [-0.2, 0) is 0 Å². The summed E-state index contributed by atoms with van der Waals surface area (Å²) in [6, 6.07) is 12.2. The zero-order chi connectivity index (χ0) is 13.9. The van der Waals surface area contributed by atoms with Crippen LogP contribution in [0.15, 0.2) is 30.3 Å². The van der Waals surface area contributed by atoms with Gasteiger partial charge in [-0.25, -0.2) is 0 Å². The summed E-state index contributed by atoms with van der Waals surface area (Å²) in [5.74, 6) is 0.811. The molecule has 0 bridgehead atoms. The molecular formula is C17H27N3. The normalized spacial score (nSPS) is 32.6. The highest BCUT2D eigenvalue weighted by Gasteiger charge is 2.31. The highest BCUT2D eigenvalue weighted by molar-refractivity contribution is 5.20. The van der Waals surface area contributed by atoms with Crippen LogP contribution < -0.4 is 5.32 Å². The van der Waals surface area contributed by atoms with E-state index in [2.05, 4.69) is 59.4 Å². The van der Waals surface area contributed by atoms with E-state index in [-0.39, 0.29) is 0 Å². The van der Waals surface area contributed by atoms with Crippen LogP contribution in [0.3, 0.4) is 0 Å². The Balaban J connectivity index is 1.73. The van der Waals surface area contributed by atoms with Crippen molar-refractivity contribution in [1.82, 2.24) is 15.1 Å². The molecule has 2 heterocycles. The van der Waals surface area contributed by atoms with Crippen molar-refractivity contribution in [2.45, 2.75) is 25.4 Å². The minimum absolute atomic E-state index is 0.546. The number of hydrogen-bond acceptors (Lipinski definition) is 3. The van der Waals surface area contributed by atoms with E-state index in [1.54, 1.807) is 0 Å². The van der Waals surface area contributed by atoms with Crippen LogP contribution in [0.1, 0.15) is 24.9 Å². The first-order chi connectivity index (χ1) is 9.74. The Morgan fingerprint density at radius 2 is 2.00 bits per heavy atom. The topological polar surface area (TPSA) is 18.5 Å². The van der Waals surface area contributed by atoms with E-state index in [1.165, 1.54) is 38.2 Å². The molecule has 3 unspecified atom stereocenters. The summed E-state index contributed by atoms with van der Waals surface area (Å²) in [5, 5.41) is 3.68. The maximum Gasteiger partial charge on any atom is 0.0476 e. The number of nitrogens with one attached hydrogen (secondary N) is 1. The van der Waals surface area contributed by atoms with Gasteiger partial charge in [-0.05, 0) is 31.5 Å². The van der Waals surface area contributed by atoms with Gasteiger partial charge in [-0.3, -0.25) is 4.90 Å². The third kappa shape index (κ3) is 3.05. The number of piperazine rings is 1. The summed E-state index contributed by atoms with van der Waals surface area (Å²) in [6.45, 7) is 8.28. The predicted molar refractivity (Wildman–Crippen MR) is 83.8 cm³/mol. The summed E-state index contributed by atoms with van der Waals surface area (Å²) in [6.07, 6.45) is 1.33. The molecule has 3 atom stereocenters. The van der Waals surface area contributed by atoms with Crippen LogP contribution in [-0.4, -0.2) is 55.6 Å². The van der Waals surface area contributed by atoms with Crippen molar-refractivity contribution in [1.29, 1.82) is 0 Å². The summed E-state index contributed by atoms with van der Waals surface area (Å²) < 4.78 is 0. The van der Waals surface area contributed by atoms with E-state index in [9.17, 15) is 0 Å². The molecule has 1 aromatic rings. The minimum atomic E-state index is 0.546. The molecule has 0 saturated carbocycles. The van der Waals surface area contributed by atoms with Gasteiger partial charge in [0.05, 0.1) is 0 Å². The van der Waals surface area contributed by atoms with Crippen LogP contribution in [0.4, 0.5) is 0 Å². The lowest BCUT2D eigenvalue weighted by molar-refractivity contribution is 0.0784. The molecule has 3 heteroatoms. The molecule has 0 aliphatic carbocycles. The lowest BCUT2D eigenvalue weighted by atomic mass is 9.98. The van der Waals surface area contributed by atoms with Gasteiger partial charge < -0.3 is 10.2 Å². The quantitative estimate of drug-likeness (QED) is 0.908. The number of benzene rings is 1. The van der Waals surface area contributed by atoms with Crippen molar-refractivity contribution in [3.63, 3.8) is 0 Å². The van der Waals surface area contributed by atoms with Crippen LogP contribution in [0.2, 0.25) is 0 Å². The fourth-order valence-corrected chi connectivity index (χ4v) is 3.56. The monoisotopic (exact) mass is 273 g/mol. The van der Waals surface area contributed by atoms with Gasteiger partial charge in [0.1, 0.15) is 0 Å². The van der Waals surface area contributed by atoms with Crippen molar-refractivity contribution < 1.29 is 0 Å². The standard InChI is InChI=1S/C17H27N3/c1-14-8-9-18-16(14)12-20-11-10-19(2)13-17(20)15-6-4-3-5-7-15/h3-7,14,16-18H,8-13H2,1-2H3. The van der Waals surface area contributed by atoms with E-state index >= 15 is 0 Å². The van der Waals surface area contributed by atoms with Gasteiger partial charge in [0.15, 0.2) is 0 Å². The second-order valence-electron chi connectivity index (χ2n) is 6.51. The predicted octanol–water partition coefficient (Wildman–Crippen LogP) is 1.97. The molecule has 2 aliphatic heterocycles. The summed E-state index contributed by atoms with van der Waals surface area (Å²) >= 11 is 0. The molecule has 20 heavy (non-hydrogen) atoms. The first-order valence-electron chi connectivity index (χ1n) is 7.95. The Bertz CT molecular complexity index is 420. The van der Waals surface area contributed by atoms with E-state index < -0.39 is 0 Å². The molecule has 0 aromatic heterocycles. The van der Waals surface area contributed by atoms with Gasteiger partial charge in [-0.1, -0.05) is 37.3 Å². The van der Waals surface area contributed by atoms with Gasteiger partial charge in [-0.2, -0.15) is 0 Å². The van der Waals surface area contributed by atoms with Crippen LogP contribution in [0, 0.1) is 5.92 Å². The average molecular weight is 273 g/mol. The van der Waals surface area contributed by atoms with Crippen molar-refractivity contribution in [3.05, 3.63) is 35.9 Å². The maximum atomic E-state index is 3.68. The maximum absolute atomic E-state index is 3.68. The van der Waals surface area contributed by atoms with E-state index in [0.717, 1.165) is 12.5 Å². The lowest BCUT2D eigenvalue weighted by Gasteiger charge is -2.42. The Kier molecular flexibility index (Phi) is 4.39. The molecule has 3 rings (SSSR count). The Morgan fingerprint density at radius 1 is 1.20 bits per heavy atom. The molecular weight excluding hydrogens is 246 g/mol. The van der Waals surface area contributed by atoms with Crippen molar-refractivity contribution in [2.24, 2.45) is 5.92 Å². The molecule has 2 aliphatic rings. The molecule has 3 nitrogen and oxygen atoms in total. The third-order valence-corrected chi connectivity index (χ3v) is 5.00. The van der Waals surface area contributed by atoms with Crippen LogP contribution in [0.25, 0.3) is 0 Å². The van der Waals surface area contributed by atoms with Crippen molar-refractivity contribution >= 4 is 0 Å². The molecule has 2 fully saturated rings. The van der Waals surface area contributed by atoms with Crippen molar-refractivity contribution in [3.8, 4) is 0 Å². The number of nitrogens with zero attached hydrogens (tertiary/aromatic N) is 2. The van der Waals surface area contributed by atoms with Gasteiger partial charge >= 0.3 is 0 Å². The molecule has 2 saturated heterocycles. The molecule has 0 amide bonds. The Hall–Kier alpha value is -0.900. The lowest BCUT2D eigenvalue weighted by Crippen LogP contribution is -2.51. The average Bonchev–Trinajstić information content (AvgIpc) is 2.87. The van der Waals surface area contributed by atoms with E-state index in [0.29, 0.717) is 12.1 Å². The zero-order valence-corrected chi connectivity index (χ0v) is 12.8. The second-order valence-corrected chi connectivity index (χ2v) is 6.51. The third-order valence-electron chi connectivity index (χ3n) is 5.00. The highest BCUT2D eigenvalue weighted by atomic mass is 15.3. The Morgan fingerprint density at radius 3 is 2.70 bits per heavy atom. The summed E-state index contributed by atoms with van der Waals surface area (Å²) in [5.41, 5.74) is 1.46. The summed E-state index contributed by atoms with van der Waals surface area (Å²) in [4.78, 5) is 5.15. The molecule has 1 N–H and O–H groups in total. The molecule has 1 aromatic carbocycles.